The van der Waals surface area contributed by atoms with E-state index in [0.29, 0.717) is 0 Å². The van der Waals surface area contributed by atoms with Crippen molar-refractivity contribution < 1.29 is 4.74 Å². The van der Waals surface area contributed by atoms with Gasteiger partial charge < -0.3 is 4.74 Å². The molecule has 1 aromatic rings. The van der Waals surface area contributed by atoms with E-state index in [2.05, 4.69) is 12.2 Å². The number of para-hydroxylation sites is 1. The molecule has 64 valence electrons. The van der Waals surface area contributed by atoms with Crippen LogP contribution in [-0.2, 0) is 0 Å². The Hall–Kier alpha value is -0.600. The Labute approximate surface area is 82.3 Å². The number of ether oxygens (including phenoxy) is 1. The standard InChI is InChI=1S/C9H9ClOS/c1-6-4-3-5-7(2)8(6)11-9(10)12/h3-5H,1-2H3. The Balaban J connectivity index is 3.04. The minimum absolute atomic E-state index is 0.0346. The molecule has 1 nitrogen and oxygen atoms in total. The van der Waals surface area contributed by atoms with E-state index in [9.17, 15) is 0 Å². The number of hydrogen-bond acceptors (Lipinski definition) is 2. The number of benzene rings is 1. The molecule has 0 aliphatic carbocycles. The van der Waals surface area contributed by atoms with Gasteiger partial charge >= 0.3 is 0 Å². The third-order valence-corrected chi connectivity index (χ3v) is 1.75. The Kier molecular flexibility index (Phi) is 3.06. The molecule has 0 fully saturated rings. The molecule has 0 aromatic heterocycles. The molecule has 0 saturated heterocycles. The predicted octanol–water partition coefficient (Wildman–Crippen LogP) is 3.21. The molecule has 0 spiro atoms. The Morgan fingerprint density at radius 2 is 1.83 bits per heavy atom. The van der Waals surface area contributed by atoms with E-state index in [1.807, 2.05) is 32.0 Å². The van der Waals surface area contributed by atoms with Crippen molar-refractivity contribution in [2.24, 2.45) is 0 Å². The van der Waals surface area contributed by atoms with Crippen LogP contribution in [0.2, 0.25) is 0 Å². The lowest BCUT2D eigenvalue weighted by molar-refractivity contribution is 0.567. The topological polar surface area (TPSA) is 9.23 Å². The van der Waals surface area contributed by atoms with E-state index < -0.39 is 0 Å². The van der Waals surface area contributed by atoms with Gasteiger partial charge in [0.1, 0.15) is 5.75 Å². The molecular weight excluding hydrogens is 192 g/mol. The first kappa shape index (κ1) is 9.49. The fourth-order valence-electron chi connectivity index (χ4n) is 1.04. The van der Waals surface area contributed by atoms with Crippen molar-refractivity contribution in [3.63, 3.8) is 0 Å². The lowest BCUT2D eigenvalue weighted by Crippen LogP contribution is -1.99. The Morgan fingerprint density at radius 1 is 1.33 bits per heavy atom. The van der Waals surface area contributed by atoms with E-state index in [1.165, 1.54) is 0 Å². The van der Waals surface area contributed by atoms with Crippen molar-refractivity contribution in [1.29, 1.82) is 0 Å². The summed E-state index contributed by atoms with van der Waals surface area (Å²) in [6.45, 7) is 3.91. The van der Waals surface area contributed by atoms with Crippen molar-refractivity contribution in [1.82, 2.24) is 0 Å². The monoisotopic (exact) mass is 200 g/mol. The fraction of sp³-hybridized carbons (Fsp3) is 0.222. The van der Waals surface area contributed by atoms with Gasteiger partial charge in [-0.1, -0.05) is 18.2 Å². The number of rotatable bonds is 1. The largest absolute Gasteiger partial charge is 0.435 e. The lowest BCUT2D eigenvalue weighted by Gasteiger charge is -2.07. The predicted molar refractivity (Wildman–Crippen MR) is 55.0 cm³/mol. The molecule has 0 radical (unpaired) electrons. The summed E-state index contributed by atoms with van der Waals surface area (Å²) in [6, 6.07) is 5.88. The molecule has 0 amide bonds. The molecule has 0 saturated carbocycles. The summed E-state index contributed by atoms with van der Waals surface area (Å²) in [5.74, 6) is 0.762. The molecule has 0 aliphatic rings. The Morgan fingerprint density at radius 3 is 2.25 bits per heavy atom. The van der Waals surface area contributed by atoms with Gasteiger partial charge in [0.2, 0.25) is 0 Å². The average molecular weight is 201 g/mol. The molecule has 1 aromatic carbocycles. The SMILES string of the molecule is Cc1cccc(C)c1OC(=S)Cl. The lowest BCUT2D eigenvalue weighted by atomic mass is 10.1. The Bertz CT molecular complexity index is 289. The van der Waals surface area contributed by atoms with Gasteiger partial charge in [-0.05, 0) is 48.8 Å². The van der Waals surface area contributed by atoms with Crippen LogP contribution in [-0.4, -0.2) is 4.51 Å². The zero-order valence-corrected chi connectivity index (χ0v) is 8.50. The maximum absolute atomic E-state index is 5.47. The first-order valence-electron chi connectivity index (χ1n) is 3.55. The number of halogens is 1. The number of aryl methyl sites for hydroxylation is 2. The van der Waals surface area contributed by atoms with Gasteiger partial charge in [0, 0.05) is 0 Å². The molecule has 0 aliphatic heterocycles. The number of thiocarbonyl (C=S) groups is 1. The van der Waals surface area contributed by atoms with Gasteiger partial charge in [-0.15, -0.1) is 0 Å². The molecule has 12 heavy (non-hydrogen) atoms. The summed E-state index contributed by atoms with van der Waals surface area (Å²) >= 11 is 10.1. The van der Waals surface area contributed by atoms with Crippen molar-refractivity contribution in [2.75, 3.05) is 0 Å². The van der Waals surface area contributed by atoms with Gasteiger partial charge in [0.05, 0.1) is 0 Å². The van der Waals surface area contributed by atoms with Crippen LogP contribution in [0.3, 0.4) is 0 Å². The van der Waals surface area contributed by atoms with Gasteiger partial charge in [0.25, 0.3) is 4.51 Å². The maximum Gasteiger partial charge on any atom is 0.260 e. The molecule has 0 unspecified atom stereocenters. The minimum Gasteiger partial charge on any atom is -0.435 e. The molecule has 3 heteroatoms. The molecule has 1 rings (SSSR count). The van der Waals surface area contributed by atoms with Gasteiger partial charge in [-0.3, -0.25) is 0 Å². The smallest absolute Gasteiger partial charge is 0.260 e. The van der Waals surface area contributed by atoms with Crippen LogP contribution in [0, 0.1) is 13.8 Å². The van der Waals surface area contributed by atoms with Crippen LogP contribution in [0.1, 0.15) is 11.1 Å². The van der Waals surface area contributed by atoms with E-state index in [0.717, 1.165) is 16.9 Å². The maximum atomic E-state index is 5.47. The highest BCUT2D eigenvalue weighted by atomic mass is 35.5. The van der Waals surface area contributed by atoms with Crippen molar-refractivity contribution >= 4 is 28.3 Å². The van der Waals surface area contributed by atoms with E-state index in [-0.39, 0.29) is 4.51 Å². The molecule has 0 bridgehead atoms. The zero-order valence-electron chi connectivity index (χ0n) is 6.93. The van der Waals surface area contributed by atoms with Gasteiger partial charge in [0.15, 0.2) is 0 Å². The van der Waals surface area contributed by atoms with Gasteiger partial charge in [-0.2, -0.15) is 0 Å². The van der Waals surface area contributed by atoms with Crippen molar-refractivity contribution in [3.8, 4) is 5.75 Å². The van der Waals surface area contributed by atoms with Crippen LogP contribution < -0.4 is 4.74 Å². The van der Waals surface area contributed by atoms with Crippen LogP contribution in [0.4, 0.5) is 0 Å². The average Bonchev–Trinajstić information content (AvgIpc) is 1.97. The quantitative estimate of drug-likeness (QED) is 0.509. The highest BCUT2D eigenvalue weighted by molar-refractivity contribution is 7.82. The van der Waals surface area contributed by atoms with Crippen LogP contribution in [0.5, 0.6) is 5.75 Å². The van der Waals surface area contributed by atoms with Crippen LogP contribution in [0.15, 0.2) is 18.2 Å². The van der Waals surface area contributed by atoms with Crippen LogP contribution in [0.25, 0.3) is 0 Å². The van der Waals surface area contributed by atoms with E-state index >= 15 is 0 Å². The summed E-state index contributed by atoms with van der Waals surface area (Å²) in [5, 5.41) is 0. The second-order valence-electron chi connectivity index (χ2n) is 2.56. The first-order valence-corrected chi connectivity index (χ1v) is 4.33. The summed E-state index contributed by atoms with van der Waals surface area (Å²) in [4.78, 5) is 0. The van der Waals surface area contributed by atoms with Gasteiger partial charge in [-0.25, -0.2) is 0 Å². The summed E-state index contributed by atoms with van der Waals surface area (Å²) in [5.41, 5.74) is 2.08. The third-order valence-electron chi connectivity index (χ3n) is 1.59. The molecule has 0 N–H and O–H groups in total. The van der Waals surface area contributed by atoms with Crippen LogP contribution >= 0.6 is 23.8 Å². The summed E-state index contributed by atoms with van der Waals surface area (Å²) in [7, 11) is 0. The summed E-state index contributed by atoms with van der Waals surface area (Å²) < 4.78 is 5.21. The summed E-state index contributed by atoms with van der Waals surface area (Å²) in [6.07, 6.45) is 0. The first-order chi connectivity index (χ1) is 5.61. The fourth-order valence-corrected chi connectivity index (χ4v) is 1.20. The molecular formula is C9H9ClOS. The second-order valence-corrected chi connectivity index (χ2v) is 3.50. The van der Waals surface area contributed by atoms with E-state index in [4.69, 9.17) is 16.3 Å². The van der Waals surface area contributed by atoms with E-state index in [1.54, 1.807) is 0 Å². The van der Waals surface area contributed by atoms with Crippen molar-refractivity contribution in [2.45, 2.75) is 13.8 Å². The number of hydrogen-bond donors (Lipinski definition) is 0. The molecule has 0 atom stereocenters. The second kappa shape index (κ2) is 3.87. The normalized spacial score (nSPS) is 9.58. The third kappa shape index (κ3) is 2.19. The zero-order chi connectivity index (χ0) is 9.14. The molecule has 0 heterocycles. The highest BCUT2D eigenvalue weighted by Crippen LogP contribution is 2.22. The van der Waals surface area contributed by atoms with Crippen molar-refractivity contribution in [3.05, 3.63) is 29.3 Å². The highest BCUT2D eigenvalue weighted by Gasteiger charge is 2.03. The minimum atomic E-state index is 0.0346.